The Labute approximate surface area is 111 Å². The Morgan fingerprint density at radius 1 is 1.33 bits per heavy atom. The summed E-state index contributed by atoms with van der Waals surface area (Å²) in [5.41, 5.74) is 2.30. The number of hydrogen-bond acceptors (Lipinski definition) is 7. The van der Waals surface area contributed by atoms with E-state index in [1.165, 1.54) is 0 Å². The van der Waals surface area contributed by atoms with Crippen LogP contribution in [0.4, 0.5) is 5.69 Å². The molecule has 0 fully saturated rings. The number of nitrogens with zero attached hydrogens (tertiary/aromatic N) is 4. The summed E-state index contributed by atoms with van der Waals surface area (Å²) in [5, 5.41) is 11.4. The Morgan fingerprint density at radius 3 is 3.00 bits per heavy atom. The SMILES string of the molecule is Cc1nnc(CNc2c(Cl)ccc3nsnc23)o1. The van der Waals surface area contributed by atoms with Crippen molar-refractivity contribution in [2.75, 3.05) is 5.32 Å². The molecular formula is C10H8ClN5OS. The summed E-state index contributed by atoms with van der Waals surface area (Å²) in [6, 6.07) is 3.62. The molecule has 0 aliphatic heterocycles. The molecule has 8 heteroatoms. The monoisotopic (exact) mass is 281 g/mol. The summed E-state index contributed by atoms with van der Waals surface area (Å²) in [4.78, 5) is 0. The van der Waals surface area contributed by atoms with Crippen molar-refractivity contribution in [1.82, 2.24) is 18.9 Å². The van der Waals surface area contributed by atoms with Crippen LogP contribution in [0, 0.1) is 6.92 Å². The van der Waals surface area contributed by atoms with Crippen LogP contribution in [-0.4, -0.2) is 18.9 Å². The van der Waals surface area contributed by atoms with Crippen molar-refractivity contribution >= 4 is 40.0 Å². The van der Waals surface area contributed by atoms with Crippen LogP contribution in [0.25, 0.3) is 11.0 Å². The zero-order chi connectivity index (χ0) is 12.5. The molecule has 6 nitrogen and oxygen atoms in total. The molecule has 0 atom stereocenters. The zero-order valence-electron chi connectivity index (χ0n) is 9.35. The Balaban J connectivity index is 1.89. The van der Waals surface area contributed by atoms with Gasteiger partial charge in [0.1, 0.15) is 11.0 Å². The third kappa shape index (κ3) is 2.02. The molecule has 0 radical (unpaired) electrons. The normalized spacial score (nSPS) is 11.0. The van der Waals surface area contributed by atoms with Gasteiger partial charge in [-0.05, 0) is 12.1 Å². The highest BCUT2D eigenvalue weighted by molar-refractivity contribution is 7.00. The predicted octanol–water partition coefficient (Wildman–Crippen LogP) is 2.65. The maximum Gasteiger partial charge on any atom is 0.235 e. The highest BCUT2D eigenvalue weighted by atomic mass is 35.5. The first-order chi connectivity index (χ1) is 8.74. The number of benzene rings is 1. The Morgan fingerprint density at radius 2 is 2.22 bits per heavy atom. The number of halogens is 1. The largest absolute Gasteiger partial charge is 0.424 e. The molecule has 3 aromatic rings. The van der Waals surface area contributed by atoms with E-state index in [2.05, 4.69) is 24.3 Å². The van der Waals surface area contributed by atoms with Gasteiger partial charge >= 0.3 is 0 Å². The van der Waals surface area contributed by atoms with Crippen LogP contribution in [0.1, 0.15) is 11.8 Å². The van der Waals surface area contributed by atoms with Gasteiger partial charge in [-0.15, -0.1) is 10.2 Å². The lowest BCUT2D eigenvalue weighted by molar-refractivity contribution is 0.475. The molecule has 0 bridgehead atoms. The molecule has 0 aliphatic rings. The maximum absolute atomic E-state index is 6.14. The van der Waals surface area contributed by atoms with Crippen LogP contribution >= 0.6 is 23.3 Å². The van der Waals surface area contributed by atoms with Gasteiger partial charge in [0.05, 0.1) is 29.0 Å². The fourth-order valence-electron chi connectivity index (χ4n) is 1.57. The molecule has 0 amide bonds. The molecular weight excluding hydrogens is 274 g/mol. The van der Waals surface area contributed by atoms with Gasteiger partial charge in [0.2, 0.25) is 11.8 Å². The van der Waals surface area contributed by atoms with Crippen molar-refractivity contribution in [2.45, 2.75) is 13.5 Å². The topological polar surface area (TPSA) is 76.7 Å². The highest BCUT2D eigenvalue weighted by Crippen LogP contribution is 2.30. The fourth-order valence-corrected chi connectivity index (χ4v) is 2.33. The van der Waals surface area contributed by atoms with E-state index in [0.29, 0.717) is 23.3 Å². The van der Waals surface area contributed by atoms with Crippen LogP contribution in [0.3, 0.4) is 0 Å². The van der Waals surface area contributed by atoms with Crippen LogP contribution in [0.5, 0.6) is 0 Å². The first-order valence-corrected chi connectivity index (χ1v) is 6.28. The molecule has 92 valence electrons. The number of hydrogen-bond donors (Lipinski definition) is 1. The lowest BCUT2D eigenvalue weighted by Gasteiger charge is -2.06. The first-order valence-electron chi connectivity index (χ1n) is 5.17. The van der Waals surface area contributed by atoms with Gasteiger partial charge in [0.25, 0.3) is 0 Å². The molecule has 0 aliphatic carbocycles. The van der Waals surface area contributed by atoms with E-state index in [0.717, 1.165) is 28.4 Å². The van der Waals surface area contributed by atoms with E-state index < -0.39 is 0 Å². The second kappa shape index (κ2) is 4.51. The van der Waals surface area contributed by atoms with Crippen molar-refractivity contribution in [3.8, 4) is 0 Å². The Bertz CT molecular complexity index is 694. The molecule has 0 unspecified atom stereocenters. The van der Waals surface area contributed by atoms with E-state index in [4.69, 9.17) is 16.0 Å². The fraction of sp³-hybridized carbons (Fsp3) is 0.200. The summed E-state index contributed by atoms with van der Waals surface area (Å²) in [7, 11) is 0. The van der Waals surface area contributed by atoms with Crippen LogP contribution in [-0.2, 0) is 6.54 Å². The van der Waals surface area contributed by atoms with E-state index >= 15 is 0 Å². The molecule has 2 heterocycles. The lowest BCUT2D eigenvalue weighted by Crippen LogP contribution is -2.01. The Kier molecular flexibility index (Phi) is 2.85. The molecule has 1 aromatic carbocycles. The molecule has 0 spiro atoms. The van der Waals surface area contributed by atoms with Gasteiger partial charge in [-0.2, -0.15) is 8.75 Å². The van der Waals surface area contributed by atoms with Crippen LogP contribution < -0.4 is 5.32 Å². The summed E-state index contributed by atoms with van der Waals surface area (Å²) < 4.78 is 13.7. The van der Waals surface area contributed by atoms with Gasteiger partial charge in [0.15, 0.2) is 0 Å². The number of aromatic nitrogens is 4. The quantitative estimate of drug-likeness (QED) is 0.795. The molecule has 0 saturated heterocycles. The third-order valence-electron chi connectivity index (χ3n) is 2.36. The summed E-state index contributed by atoms with van der Waals surface area (Å²) >= 11 is 7.29. The Hall–Kier alpha value is -1.73. The second-order valence-corrected chi connectivity index (χ2v) is 4.56. The van der Waals surface area contributed by atoms with E-state index in [1.54, 1.807) is 13.0 Å². The zero-order valence-corrected chi connectivity index (χ0v) is 10.9. The van der Waals surface area contributed by atoms with Gasteiger partial charge in [0, 0.05) is 6.92 Å². The van der Waals surface area contributed by atoms with Crippen molar-refractivity contribution in [3.05, 3.63) is 28.9 Å². The molecule has 18 heavy (non-hydrogen) atoms. The summed E-state index contributed by atoms with van der Waals surface area (Å²) in [6.45, 7) is 2.14. The number of anilines is 1. The van der Waals surface area contributed by atoms with E-state index in [9.17, 15) is 0 Å². The van der Waals surface area contributed by atoms with Crippen molar-refractivity contribution in [1.29, 1.82) is 0 Å². The minimum absolute atomic E-state index is 0.400. The van der Waals surface area contributed by atoms with Gasteiger partial charge in [-0.25, -0.2) is 0 Å². The second-order valence-electron chi connectivity index (χ2n) is 3.62. The van der Waals surface area contributed by atoms with Crippen molar-refractivity contribution < 1.29 is 4.42 Å². The van der Waals surface area contributed by atoms with Gasteiger partial charge in [-0.1, -0.05) is 11.6 Å². The first kappa shape index (κ1) is 11.4. The summed E-state index contributed by atoms with van der Waals surface area (Å²) in [5.74, 6) is 1.04. The van der Waals surface area contributed by atoms with Crippen molar-refractivity contribution in [3.63, 3.8) is 0 Å². The van der Waals surface area contributed by atoms with Crippen LogP contribution in [0.2, 0.25) is 5.02 Å². The number of fused-ring (bicyclic) bond motifs is 1. The van der Waals surface area contributed by atoms with E-state index in [-0.39, 0.29) is 0 Å². The minimum atomic E-state index is 0.400. The molecule has 3 rings (SSSR count). The molecule has 1 N–H and O–H groups in total. The number of nitrogens with one attached hydrogen (secondary N) is 1. The van der Waals surface area contributed by atoms with Crippen LogP contribution in [0.15, 0.2) is 16.5 Å². The standard InChI is InChI=1S/C10H8ClN5OS/c1-5-13-14-8(17-5)4-12-9-6(11)2-3-7-10(9)16-18-15-7/h2-3,12H,4H2,1H3. The van der Waals surface area contributed by atoms with E-state index in [1.807, 2.05) is 6.07 Å². The minimum Gasteiger partial charge on any atom is -0.424 e. The summed E-state index contributed by atoms with van der Waals surface area (Å²) in [6.07, 6.45) is 0. The van der Waals surface area contributed by atoms with Crippen molar-refractivity contribution in [2.24, 2.45) is 0 Å². The lowest BCUT2D eigenvalue weighted by atomic mass is 10.2. The van der Waals surface area contributed by atoms with Gasteiger partial charge in [-0.3, -0.25) is 0 Å². The van der Waals surface area contributed by atoms with Gasteiger partial charge < -0.3 is 9.73 Å². The average molecular weight is 282 g/mol. The smallest absolute Gasteiger partial charge is 0.235 e. The molecule has 0 saturated carbocycles. The predicted molar refractivity (Wildman–Crippen MR) is 68.8 cm³/mol. The average Bonchev–Trinajstić information content (AvgIpc) is 2.96. The number of aryl methyl sites for hydroxylation is 1. The maximum atomic E-state index is 6.14. The third-order valence-corrected chi connectivity index (χ3v) is 3.22. The highest BCUT2D eigenvalue weighted by Gasteiger charge is 2.11. The molecule has 2 aromatic heterocycles. The number of rotatable bonds is 3.